The summed E-state index contributed by atoms with van der Waals surface area (Å²) in [6.45, 7) is 2.46. The number of nitrogens with one attached hydrogen (secondary N) is 1. The van der Waals surface area contributed by atoms with E-state index >= 15 is 0 Å². The number of carboxylic acid groups (broad SMARTS) is 1. The summed E-state index contributed by atoms with van der Waals surface area (Å²) in [5.41, 5.74) is 0. The zero-order chi connectivity index (χ0) is 11.8. The molecule has 0 spiro atoms. The fraction of sp³-hybridized carbons (Fsp3) is 0.778. The van der Waals surface area contributed by atoms with Crippen molar-refractivity contribution in [3.05, 3.63) is 0 Å². The van der Waals surface area contributed by atoms with Crippen LogP contribution in [0.2, 0.25) is 0 Å². The first-order valence-electron chi connectivity index (χ1n) is 4.79. The Kier molecular flexibility index (Phi) is 6.64. The van der Waals surface area contributed by atoms with Gasteiger partial charge in [-0.05, 0) is 14.0 Å². The topological polar surface area (TPSA) is 89.9 Å². The van der Waals surface area contributed by atoms with Gasteiger partial charge in [-0.15, -0.1) is 0 Å². The van der Waals surface area contributed by atoms with E-state index in [0.29, 0.717) is 13.1 Å². The van der Waals surface area contributed by atoms with Crippen LogP contribution in [0.15, 0.2) is 0 Å². The molecule has 0 aromatic rings. The summed E-state index contributed by atoms with van der Waals surface area (Å²) < 4.78 is 0. The fourth-order valence-corrected chi connectivity index (χ4v) is 0.950. The van der Waals surface area contributed by atoms with Gasteiger partial charge < -0.3 is 20.4 Å². The molecule has 1 unspecified atom stereocenters. The Morgan fingerprint density at radius 2 is 2.00 bits per heavy atom. The summed E-state index contributed by atoms with van der Waals surface area (Å²) in [6, 6.07) is -0.861. The van der Waals surface area contributed by atoms with Gasteiger partial charge in [-0.25, -0.2) is 0 Å². The van der Waals surface area contributed by atoms with Gasteiger partial charge in [-0.3, -0.25) is 9.59 Å². The Hall–Kier alpha value is -1.14. The van der Waals surface area contributed by atoms with Gasteiger partial charge >= 0.3 is 5.97 Å². The highest BCUT2D eigenvalue weighted by Crippen LogP contribution is 1.89. The highest BCUT2D eigenvalue weighted by molar-refractivity contribution is 5.83. The molecule has 3 N–H and O–H groups in total. The van der Waals surface area contributed by atoms with Crippen LogP contribution in [-0.4, -0.2) is 59.8 Å². The minimum absolute atomic E-state index is 0.0453. The van der Waals surface area contributed by atoms with Gasteiger partial charge in [0.1, 0.15) is 6.04 Å². The number of aliphatic hydroxyl groups excluding tert-OH is 1. The Labute approximate surface area is 88.9 Å². The third-order valence-electron chi connectivity index (χ3n) is 1.95. The summed E-state index contributed by atoms with van der Waals surface area (Å²) in [6.07, 6.45) is 0.230. The van der Waals surface area contributed by atoms with Crippen LogP contribution in [0.1, 0.15) is 13.3 Å². The number of amides is 1. The van der Waals surface area contributed by atoms with E-state index in [4.69, 9.17) is 10.2 Å². The van der Waals surface area contributed by atoms with Crippen LogP contribution in [-0.2, 0) is 9.59 Å². The van der Waals surface area contributed by atoms with E-state index in [1.807, 2.05) is 0 Å². The average Bonchev–Trinajstić information content (AvgIpc) is 2.15. The summed E-state index contributed by atoms with van der Waals surface area (Å²) in [5, 5.41) is 19.5. The van der Waals surface area contributed by atoms with E-state index in [0.717, 1.165) is 0 Å². The van der Waals surface area contributed by atoms with Crippen molar-refractivity contribution in [1.82, 2.24) is 10.2 Å². The zero-order valence-corrected chi connectivity index (χ0v) is 9.06. The smallest absolute Gasteiger partial charge is 0.325 e. The van der Waals surface area contributed by atoms with Crippen molar-refractivity contribution in [1.29, 1.82) is 0 Å². The summed E-state index contributed by atoms with van der Waals surface area (Å²) in [7, 11) is 1.78. The molecule has 0 rings (SSSR count). The molecular formula is C9H18N2O4. The number of aliphatic carboxylic acids is 1. The maximum absolute atomic E-state index is 11.2. The molecule has 0 radical (unpaired) electrons. The van der Waals surface area contributed by atoms with E-state index in [2.05, 4.69) is 5.32 Å². The molecule has 88 valence electrons. The number of nitrogens with zero attached hydrogens (tertiary/aromatic N) is 1. The van der Waals surface area contributed by atoms with Crippen molar-refractivity contribution >= 4 is 11.9 Å². The van der Waals surface area contributed by atoms with Gasteiger partial charge in [0.15, 0.2) is 0 Å². The highest BCUT2D eigenvalue weighted by atomic mass is 16.4. The third kappa shape index (κ3) is 6.87. The number of carboxylic acids is 1. The van der Waals surface area contributed by atoms with E-state index < -0.39 is 12.0 Å². The number of hydrogen-bond donors (Lipinski definition) is 3. The molecule has 15 heavy (non-hydrogen) atoms. The van der Waals surface area contributed by atoms with Crippen molar-refractivity contribution in [2.45, 2.75) is 19.4 Å². The SMILES string of the molecule is CC(NC(=O)CCN(C)CCO)C(=O)O. The quantitative estimate of drug-likeness (QED) is 0.504. The average molecular weight is 218 g/mol. The number of hydrogen-bond acceptors (Lipinski definition) is 4. The van der Waals surface area contributed by atoms with Crippen molar-refractivity contribution in [3.63, 3.8) is 0 Å². The first-order valence-corrected chi connectivity index (χ1v) is 4.79. The number of likely N-dealkylation sites (N-methyl/N-ethyl adjacent to an activating group) is 1. The van der Waals surface area contributed by atoms with Crippen LogP contribution in [0.3, 0.4) is 0 Å². The third-order valence-corrected chi connectivity index (χ3v) is 1.95. The van der Waals surface area contributed by atoms with Crippen molar-refractivity contribution in [3.8, 4) is 0 Å². The van der Waals surface area contributed by atoms with E-state index in [1.54, 1.807) is 11.9 Å². The van der Waals surface area contributed by atoms with Gasteiger partial charge in [0, 0.05) is 19.5 Å². The maximum Gasteiger partial charge on any atom is 0.325 e. The molecular weight excluding hydrogens is 200 g/mol. The summed E-state index contributed by atoms with van der Waals surface area (Å²) in [5.74, 6) is -1.35. The number of aliphatic hydroxyl groups is 1. The Morgan fingerprint density at radius 1 is 1.40 bits per heavy atom. The Bertz CT molecular complexity index is 220. The van der Waals surface area contributed by atoms with Gasteiger partial charge in [0.2, 0.25) is 5.91 Å². The lowest BCUT2D eigenvalue weighted by Gasteiger charge is -2.15. The Morgan fingerprint density at radius 3 is 2.47 bits per heavy atom. The normalized spacial score (nSPS) is 12.5. The molecule has 0 aromatic carbocycles. The largest absolute Gasteiger partial charge is 0.480 e. The number of carbonyl (C=O) groups is 2. The molecule has 0 bridgehead atoms. The van der Waals surface area contributed by atoms with Crippen molar-refractivity contribution in [2.24, 2.45) is 0 Å². The molecule has 1 atom stereocenters. The first kappa shape index (κ1) is 13.9. The molecule has 6 heteroatoms. The molecule has 0 fully saturated rings. The van der Waals surface area contributed by atoms with E-state index in [9.17, 15) is 9.59 Å². The minimum Gasteiger partial charge on any atom is -0.480 e. The second-order valence-electron chi connectivity index (χ2n) is 3.40. The lowest BCUT2D eigenvalue weighted by molar-refractivity contribution is -0.141. The summed E-state index contributed by atoms with van der Waals surface area (Å²) in [4.78, 5) is 23.4. The minimum atomic E-state index is -1.05. The van der Waals surface area contributed by atoms with Crippen molar-refractivity contribution in [2.75, 3.05) is 26.7 Å². The molecule has 0 aromatic heterocycles. The van der Waals surface area contributed by atoms with Gasteiger partial charge in [0.05, 0.1) is 6.61 Å². The number of rotatable bonds is 7. The van der Waals surface area contributed by atoms with E-state index in [1.165, 1.54) is 6.92 Å². The van der Waals surface area contributed by atoms with Crippen molar-refractivity contribution < 1.29 is 19.8 Å². The predicted octanol–water partition coefficient (Wildman–Crippen LogP) is -1.11. The van der Waals surface area contributed by atoms with E-state index in [-0.39, 0.29) is 18.9 Å². The molecule has 0 saturated carbocycles. The van der Waals surface area contributed by atoms with Crippen LogP contribution in [0, 0.1) is 0 Å². The standard InChI is InChI=1S/C9H18N2O4/c1-7(9(14)15)10-8(13)3-4-11(2)5-6-12/h7,12H,3-6H2,1-2H3,(H,10,13)(H,14,15). The lowest BCUT2D eigenvalue weighted by Crippen LogP contribution is -2.39. The molecule has 0 aliphatic rings. The highest BCUT2D eigenvalue weighted by Gasteiger charge is 2.13. The van der Waals surface area contributed by atoms with Crippen LogP contribution >= 0.6 is 0 Å². The molecule has 0 heterocycles. The Balaban J connectivity index is 3.70. The molecule has 0 aliphatic heterocycles. The molecule has 0 saturated heterocycles. The van der Waals surface area contributed by atoms with Gasteiger partial charge in [-0.1, -0.05) is 0 Å². The van der Waals surface area contributed by atoms with Gasteiger partial charge in [0.25, 0.3) is 0 Å². The summed E-state index contributed by atoms with van der Waals surface area (Å²) >= 11 is 0. The van der Waals surface area contributed by atoms with Crippen LogP contribution in [0.5, 0.6) is 0 Å². The van der Waals surface area contributed by atoms with Crippen LogP contribution in [0.4, 0.5) is 0 Å². The number of carbonyl (C=O) groups excluding carboxylic acids is 1. The second kappa shape index (κ2) is 7.19. The first-order chi connectivity index (χ1) is 6.97. The monoisotopic (exact) mass is 218 g/mol. The molecule has 0 aliphatic carbocycles. The predicted molar refractivity (Wildman–Crippen MR) is 54.4 cm³/mol. The fourth-order valence-electron chi connectivity index (χ4n) is 0.950. The van der Waals surface area contributed by atoms with Crippen LogP contribution in [0.25, 0.3) is 0 Å². The maximum atomic E-state index is 11.2. The van der Waals surface area contributed by atoms with Gasteiger partial charge in [-0.2, -0.15) is 0 Å². The lowest BCUT2D eigenvalue weighted by atomic mass is 10.3. The molecule has 1 amide bonds. The van der Waals surface area contributed by atoms with Crippen LogP contribution < -0.4 is 5.32 Å². The zero-order valence-electron chi connectivity index (χ0n) is 9.06. The molecule has 6 nitrogen and oxygen atoms in total. The second-order valence-corrected chi connectivity index (χ2v) is 3.40.